The molecule has 0 amide bonds. The van der Waals surface area contributed by atoms with Gasteiger partial charge in [-0.15, -0.1) is 0 Å². The van der Waals surface area contributed by atoms with Crippen LogP contribution in [0.25, 0.3) is 0 Å². The van der Waals surface area contributed by atoms with Crippen molar-refractivity contribution >= 4 is 5.96 Å². The lowest BCUT2D eigenvalue weighted by molar-refractivity contribution is 0.354. The summed E-state index contributed by atoms with van der Waals surface area (Å²) >= 11 is 0. The number of methoxy groups -OCH3 is 3. The SMILES string of the molecule is CCNC(=NCc1cccnc1OC)NCCc1ccc(OC)c(OC)c1. The van der Waals surface area contributed by atoms with E-state index in [1.165, 1.54) is 0 Å². The summed E-state index contributed by atoms with van der Waals surface area (Å²) in [7, 11) is 4.89. The maximum absolute atomic E-state index is 5.35. The molecular formula is C20H28N4O3. The van der Waals surface area contributed by atoms with E-state index in [9.17, 15) is 0 Å². The van der Waals surface area contributed by atoms with Gasteiger partial charge in [-0.1, -0.05) is 12.1 Å². The van der Waals surface area contributed by atoms with E-state index in [1.807, 2.05) is 37.3 Å². The zero-order valence-corrected chi connectivity index (χ0v) is 16.4. The fraction of sp³-hybridized carbons (Fsp3) is 0.400. The van der Waals surface area contributed by atoms with Crippen LogP contribution in [0.4, 0.5) is 0 Å². The van der Waals surface area contributed by atoms with Gasteiger partial charge in [-0.05, 0) is 37.1 Å². The number of nitrogens with zero attached hydrogens (tertiary/aromatic N) is 2. The number of ether oxygens (including phenoxy) is 3. The number of benzene rings is 1. The Bertz CT molecular complexity index is 750. The standard InChI is InChI=1S/C20H28N4O3/c1-5-21-20(24-14-16-7-6-11-22-19(16)27-4)23-12-10-15-8-9-17(25-2)18(13-15)26-3/h6-9,11,13H,5,10,12,14H2,1-4H3,(H2,21,23,24). The number of nitrogens with one attached hydrogen (secondary N) is 2. The summed E-state index contributed by atoms with van der Waals surface area (Å²) in [4.78, 5) is 8.81. The summed E-state index contributed by atoms with van der Waals surface area (Å²) in [6.45, 7) is 4.05. The Balaban J connectivity index is 1.96. The molecule has 0 spiro atoms. The van der Waals surface area contributed by atoms with E-state index in [1.54, 1.807) is 27.5 Å². The molecule has 0 radical (unpaired) electrons. The molecule has 27 heavy (non-hydrogen) atoms. The second-order valence-corrected chi connectivity index (χ2v) is 5.73. The Hall–Kier alpha value is -2.96. The topological polar surface area (TPSA) is 77.0 Å². The van der Waals surface area contributed by atoms with E-state index in [2.05, 4.69) is 20.6 Å². The molecule has 2 N–H and O–H groups in total. The van der Waals surface area contributed by atoms with Crippen LogP contribution in [-0.2, 0) is 13.0 Å². The fourth-order valence-electron chi connectivity index (χ4n) is 2.60. The number of hydrogen-bond donors (Lipinski definition) is 2. The van der Waals surface area contributed by atoms with Gasteiger partial charge in [0.15, 0.2) is 17.5 Å². The maximum Gasteiger partial charge on any atom is 0.218 e. The highest BCUT2D eigenvalue weighted by atomic mass is 16.5. The number of aliphatic imine (C=N–C) groups is 1. The summed E-state index contributed by atoms with van der Waals surface area (Å²) in [6.07, 6.45) is 2.54. The molecule has 1 aromatic heterocycles. The van der Waals surface area contributed by atoms with Gasteiger partial charge in [0.25, 0.3) is 0 Å². The molecule has 2 aromatic rings. The van der Waals surface area contributed by atoms with Crippen LogP contribution < -0.4 is 24.8 Å². The van der Waals surface area contributed by atoms with Crippen molar-refractivity contribution in [2.45, 2.75) is 19.9 Å². The molecule has 0 aliphatic rings. The number of aromatic nitrogens is 1. The quantitative estimate of drug-likeness (QED) is 0.520. The van der Waals surface area contributed by atoms with Crippen molar-refractivity contribution in [2.24, 2.45) is 4.99 Å². The van der Waals surface area contributed by atoms with E-state index >= 15 is 0 Å². The van der Waals surface area contributed by atoms with E-state index in [0.29, 0.717) is 12.4 Å². The largest absolute Gasteiger partial charge is 0.493 e. The molecule has 0 fully saturated rings. The Morgan fingerprint density at radius 2 is 1.85 bits per heavy atom. The van der Waals surface area contributed by atoms with E-state index in [0.717, 1.165) is 48.1 Å². The molecule has 0 saturated heterocycles. The first kappa shape index (κ1) is 20.4. The van der Waals surface area contributed by atoms with E-state index in [4.69, 9.17) is 14.2 Å². The van der Waals surface area contributed by atoms with Crippen molar-refractivity contribution in [1.82, 2.24) is 15.6 Å². The zero-order chi connectivity index (χ0) is 19.5. The molecule has 0 aliphatic carbocycles. The highest BCUT2D eigenvalue weighted by Gasteiger charge is 2.06. The third-order valence-electron chi connectivity index (χ3n) is 3.95. The molecule has 2 rings (SSSR count). The summed E-state index contributed by atoms with van der Waals surface area (Å²) in [5, 5.41) is 6.60. The van der Waals surface area contributed by atoms with Crippen molar-refractivity contribution in [3.63, 3.8) is 0 Å². The van der Waals surface area contributed by atoms with Gasteiger partial charge in [0.05, 0.1) is 27.9 Å². The average molecular weight is 372 g/mol. The predicted molar refractivity (Wildman–Crippen MR) is 107 cm³/mol. The van der Waals surface area contributed by atoms with Crippen LogP contribution in [0.3, 0.4) is 0 Å². The Morgan fingerprint density at radius 3 is 2.56 bits per heavy atom. The molecule has 0 aliphatic heterocycles. The third-order valence-corrected chi connectivity index (χ3v) is 3.95. The Kier molecular flexibility index (Phi) is 8.22. The van der Waals surface area contributed by atoms with Gasteiger partial charge in [-0.25, -0.2) is 9.98 Å². The molecule has 1 heterocycles. The van der Waals surface area contributed by atoms with Gasteiger partial charge >= 0.3 is 0 Å². The fourth-order valence-corrected chi connectivity index (χ4v) is 2.60. The third kappa shape index (κ3) is 6.06. The van der Waals surface area contributed by atoms with Crippen LogP contribution in [0, 0.1) is 0 Å². The Morgan fingerprint density at radius 1 is 1.04 bits per heavy atom. The molecule has 7 heteroatoms. The first-order valence-corrected chi connectivity index (χ1v) is 8.92. The lowest BCUT2D eigenvalue weighted by Crippen LogP contribution is -2.38. The highest BCUT2D eigenvalue weighted by Crippen LogP contribution is 2.27. The first-order chi connectivity index (χ1) is 13.2. The summed E-state index contributed by atoms with van der Waals surface area (Å²) in [5.74, 6) is 2.82. The highest BCUT2D eigenvalue weighted by molar-refractivity contribution is 5.79. The van der Waals surface area contributed by atoms with Crippen LogP contribution in [0.15, 0.2) is 41.5 Å². The van der Waals surface area contributed by atoms with E-state index in [-0.39, 0.29) is 0 Å². The molecular weight excluding hydrogens is 344 g/mol. The lowest BCUT2D eigenvalue weighted by Gasteiger charge is -2.13. The van der Waals surface area contributed by atoms with Gasteiger partial charge in [-0.3, -0.25) is 0 Å². The monoisotopic (exact) mass is 372 g/mol. The molecule has 146 valence electrons. The molecule has 0 atom stereocenters. The minimum atomic E-state index is 0.489. The van der Waals surface area contributed by atoms with Crippen molar-refractivity contribution in [3.8, 4) is 17.4 Å². The number of pyridine rings is 1. The number of guanidine groups is 1. The zero-order valence-electron chi connectivity index (χ0n) is 16.4. The second-order valence-electron chi connectivity index (χ2n) is 5.73. The van der Waals surface area contributed by atoms with E-state index < -0.39 is 0 Å². The summed E-state index contributed by atoms with van der Waals surface area (Å²) < 4.78 is 15.9. The predicted octanol–water partition coefficient (Wildman–Crippen LogP) is 2.41. The summed E-state index contributed by atoms with van der Waals surface area (Å²) in [6, 6.07) is 9.79. The average Bonchev–Trinajstić information content (AvgIpc) is 2.72. The van der Waals surface area contributed by atoms with Crippen molar-refractivity contribution in [2.75, 3.05) is 34.4 Å². The van der Waals surface area contributed by atoms with Crippen molar-refractivity contribution < 1.29 is 14.2 Å². The minimum absolute atomic E-state index is 0.489. The lowest BCUT2D eigenvalue weighted by atomic mass is 10.1. The van der Waals surface area contributed by atoms with Crippen LogP contribution in [0.5, 0.6) is 17.4 Å². The summed E-state index contributed by atoms with van der Waals surface area (Å²) in [5.41, 5.74) is 2.10. The number of rotatable bonds is 9. The Labute approximate surface area is 160 Å². The normalized spacial score (nSPS) is 11.0. The second kappa shape index (κ2) is 10.9. The van der Waals surface area contributed by atoms with Gasteiger partial charge in [0.1, 0.15) is 0 Å². The molecule has 0 unspecified atom stereocenters. The molecule has 0 saturated carbocycles. The van der Waals surface area contributed by atoms with Crippen molar-refractivity contribution in [3.05, 3.63) is 47.7 Å². The molecule has 1 aromatic carbocycles. The van der Waals surface area contributed by atoms with Crippen LogP contribution >= 0.6 is 0 Å². The first-order valence-electron chi connectivity index (χ1n) is 8.92. The molecule has 7 nitrogen and oxygen atoms in total. The maximum atomic E-state index is 5.35. The number of hydrogen-bond acceptors (Lipinski definition) is 5. The molecule has 0 bridgehead atoms. The van der Waals surface area contributed by atoms with Gasteiger partial charge in [-0.2, -0.15) is 0 Å². The van der Waals surface area contributed by atoms with Crippen molar-refractivity contribution in [1.29, 1.82) is 0 Å². The van der Waals surface area contributed by atoms with Crippen LogP contribution in [0.1, 0.15) is 18.1 Å². The smallest absolute Gasteiger partial charge is 0.218 e. The van der Waals surface area contributed by atoms with Gasteiger partial charge in [0, 0.05) is 24.8 Å². The van der Waals surface area contributed by atoms with Crippen LogP contribution in [0.2, 0.25) is 0 Å². The van der Waals surface area contributed by atoms with Gasteiger partial charge in [0.2, 0.25) is 5.88 Å². The minimum Gasteiger partial charge on any atom is -0.493 e. The van der Waals surface area contributed by atoms with Gasteiger partial charge < -0.3 is 24.8 Å². The van der Waals surface area contributed by atoms with Crippen LogP contribution in [-0.4, -0.2) is 45.4 Å².